The van der Waals surface area contributed by atoms with Gasteiger partial charge in [-0.05, 0) is 63.1 Å². The zero-order valence-corrected chi connectivity index (χ0v) is 18.0. The van der Waals surface area contributed by atoms with Crippen molar-refractivity contribution in [2.45, 2.75) is 45.4 Å². The quantitative estimate of drug-likeness (QED) is 0.430. The Morgan fingerprint density at radius 2 is 1.31 bits per heavy atom. The predicted molar refractivity (Wildman–Crippen MR) is 125 cm³/mol. The Morgan fingerprint density at radius 1 is 0.655 bits per heavy atom. The number of benzene rings is 3. The third kappa shape index (κ3) is 2.66. The maximum atomic E-state index is 2.41. The van der Waals surface area contributed by atoms with Crippen molar-refractivity contribution in [3.63, 3.8) is 0 Å². The van der Waals surface area contributed by atoms with Gasteiger partial charge in [-0.2, -0.15) is 0 Å². The minimum atomic E-state index is 0.0451. The van der Waals surface area contributed by atoms with Crippen LogP contribution >= 0.6 is 0 Å². The summed E-state index contributed by atoms with van der Waals surface area (Å²) in [7, 11) is 0. The highest BCUT2D eigenvalue weighted by Crippen LogP contribution is 2.49. The van der Waals surface area contributed by atoms with Crippen molar-refractivity contribution < 1.29 is 0 Å². The second kappa shape index (κ2) is 6.07. The predicted octanol–water partition coefficient (Wildman–Crippen LogP) is 7.69. The second-order valence-corrected chi connectivity index (χ2v) is 9.63. The molecule has 0 nitrogen and oxygen atoms in total. The molecule has 0 radical (unpaired) electrons. The van der Waals surface area contributed by atoms with Crippen molar-refractivity contribution in [1.29, 1.82) is 0 Å². The van der Waals surface area contributed by atoms with Gasteiger partial charge in [0, 0.05) is 10.8 Å². The molecule has 144 valence electrons. The molecule has 2 aliphatic carbocycles. The molecule has 0 aromatic heterocycles. The van der Waals surface area contributed by atoms with Crippen molar-refractivity contribution in [3.8, 4) is 11.1 Å². The summed E-state index contributed by atoms with van der Waals surface area (Å²) < 4.78 is 0. The normalized spacial score (nSPS) is 17.8. The molecule has 0 N–H and O–H groups in total. The lowest BCUT2D eigenvalue weighted by atomic mass is 9.81. The SMILES string of the molecule is Cc1cc2c(cc1/C=C\C1=CC(C)(C)c3ccccc31)C(C)(C)c1ccccc1-2. The summed E-state index contributed by atoms with van der Waals surface area (Å²) in [4.78, 5) is 0. The summed E-state index contributed by atoms with van der Waals surface area (Å²) in [6.07, 6.45) is 7.01. The molecule has 0 heteroatoms. The lowest BCUT2D eigenvalue weighted by Crippen LogP contribution is -2.15. The Kier molecular flexibility index (Phi) is 3.80. The van der Waals surface area contributed by atoms with Crippen molar-refractivity contribution in [2.75, 3.05) is 0 Å². The Hall–Kier alpha value is -2.86. The monoisotopic (exact) mass is 376 g/mol. The van der Waals surface area contributed by atoms with Crippen LogP contribution in [0.25, 0.3) is 22.8 Å². The van der Waals surface area contributed by atoms with Crippen LogP contribution in [0.4, 0.5) is 0 Å². The van der Waals surface area contributed by atoms with Gasteiger partial charge < -0.3 is 0 Å². The van der Waals surface area contributed by atoms with E-state index >= 15 is 0 Å². The van der Waals surface area contributed by atoms with E-state index in [4.69, 9.17) is 0 Å². The molecule has 0 heterocycles. The Morgan fingerprint density at radius 3 is 2.07 bits per heavy atom. The lowest BCUT2D eigenvalue weighted by molar-refractivity contribution is 0.660. The molecule has 5 rings (SSSR count). The second-order valence-electron chi connectivity index (χ2n) is 9.63. The Bertz CT molecular complexity index is 1200. The fourth-order valence-electron chi connectivity index (χ4n) is 5.21. The van der Waals surface area contributed by atoms with Crippen LogP contribution < -0.4 is 0 Å². The largest absolute Gasteiger partial charge is 0.0666 e. The van der Waals surface area contributed by atoms with E-state index in [0.29, 0.717) is 0 Å². The van der Waals surface area contributed by atoms with Crippen molar-refractivity contribution in [1.82, 2.24) is 0 Å². The number of hydrogen-bond donors (Lipinski definition) is 0. The van der Waals surface area contributed by atoms with Gasteiger partial charge in [-0.15, -0.1) is 0 Å². The highest BCUT2D eigenvalue weighted by atomic mass is 14.4. The van der Waals surface area contributed by atoms with Gasteiger partial charge in [0.25, 0.3) is 0 Å². The molecule has 0 saturated heterocycles. The average Bonchev–Trinajstić information content (AvgIpc) is 3.09. The summed E-state index contributed by atoms with van der Waals surface area (Å²) in [6.45, 7) is 11.5. The fourth-order valence-corrected chi connectivity index (χ4v) is 5.21. The van der Waals surface area contributed by atoms with Crippen LogP contribution in [0, 0.1) is 6.92 Å². The molecule has 0 amide bonds. The molecule has 29 heavy (non-hydrogen) atoms. The minimum Gasteiger partial charge on any atom is -0.0666 e. The molecule has 0 bridgehead atoms. The van der Waals surface area contributed by atoms with Crippen molar-refractivity contribution in [3.05, 3.63) is 106 Å². The summed E-state index contributed by atoms with van der Waals surface area (Å²) in [5, 5.41) is 0. The van der Waals surface area contributed by atoms with Gasteiger partial charge in [0.15, 0.2) is 0 Å². The van der Waals surface area contributed by atoms with Crippen molar-refractivity contribution in [2.24, 2.45) is 0 Å². The van der Waals surface area contributed by atoms with Crippen LogP contribution in [-0.2, 0) is 10.8 Å². The highest BCUT2D eigenvalue weighted by molar-refractivity contribution is 5.87. The molecule has 0 aliphatic heterocycles. The van der Waals surface area contributed by atoms with Crippen LogP contribution in [0.3, 0.4) is 0 Å². The zero-order chi connectivity index (χ0) is 20.4. The molecular weight excluding hydrogens is 348 g/mol. The molecule has 3 aromatic rings. The molecule has 0 fully saturated rings. The number of rotatable bonds is 2. The van der Waals surface area contributed by atoms with Gasteiger partial charge in [0.1, 0.15) is 0 Å². The summed E-state index contributed by atoms with van der Waals surface area (Å²) in [5.41, 5.74) is 12.5. The maximum Gasteiger partial charge on any atom is 0.0159 e. The first-order chi connectivity index (χ1) is 13.8. The average molecular weight is 377 g/mol. The van der Waals surface area contributed by atoms with Gasteiger partial charge in [0.05, 0.1) is 0 Å². The fraction of sp³-hybridized carbons (Fsp3) is 0.241. The topological polar surface area (TPSA) is 0 Å². The van der Waals surface area contributed by atoms with E-state index in [9.17, 15) is 0 Å². The number of allylic oxidation sites excluding steroid dienone is 3. The van der Waals surface area contributed by atoms with Crippen LogP contribution in [0.15, 0.2) is 72.8 Å². The molecule has 0 atom stereocenters. The van der Waals surface area contributed by atoms with E-state index in [0.717, 1.165) is 0 Å². The molecule has 2 aliphatic rings. The maximum absolute atomic E-state index is 2.41. The molecule has 0 spiro atoms. The standard InChI is InChI=1S/C29H28/c1-19-16-24-23-11-7-9-13-26(23)29(4,5)27(24)17-20(19)14-15-21-18-28(2,3)25-12-8-6-10-22(21)25/h6-18H,1-5H3/b15-14-. The van der Waals surface area contributed by atoms with E-state index in [2.05, 4.69) is 114 Å². The van der Waals surface area contributed by atoms with Crippen LogP contribution in [0.5, 0.6) is 0 Å². The smallest absolute Gasteiger partial charge is 0.0159 e. The van der Waals surface area contributed by atoms with E-state index in [1.54, 1.807) is 0 Å². The first kappa shape index (κ1) is 18.2. The summed E-state index contributed by atoms with van der Waals surface area (Å²) in [5.74, 6) is 0. The third-order valence-corrected chi connectivity index (χ3v) is 6.86. The van der Waals surface area contributed by atoms with Gasteiger partial charge in [-0.1, -0.05) is 101 Å². The van der Waals surface area contributed by atoms with Gasteiger partial charge in [-0.3, -0.25) is 0 Å². The lowest BCUT2D eigenvalue weighted by Gasteiger charge is -2.22. The van der Waals surface area contributed by atoms with E-state index in [1.165, 1.54) is 50.1 Å². The highest BCUT2D eigenvalue weighted by Gasteiger charge is 2.35. The zero-order valence-electron chi connectivity index (χ0n) is 18.0. The molecule has 3 aromatic carbocycles. The van der Waals surface area contributed by atoms with E-state index in [1.807, 2.05) is 0 Å². The summed E-state index contributed by atoms with van der Waals surface area (Å²) in [6, 6.07) is 22.4. The first-order valence-electron chi connectivity index (χ1n) is 10.5. The Labute approximate surface area is 174 Å². The van der Waals surface area contributed by atoms with Crippen molar-refractivity contribution >= 4 is 11.6 Å². The van der Waals surface area contributed by atoms with Crippen LogP contribution in [-0.4, -0.2) is 0 Å². The van der Waals surface area contributed by atoms with E-state index < -0.39 is 0 Å². The van der Waals surface area contributed by atoms with E-state index in [-0.39, 0.29) is 10.8 Å². The van der Waals surface area contributed by atoms with Gasteiger partial charge in [-0.25, -0.2) is 0 Å². The number of aryl methyl sites for hydroxylation is 1. The number of hydrogen-bond acceptors (Lipinski definition) is 0. The molecular formula is C29H28. The Balaban J connectivity index is 1.58. The third-order valence-electron chi connectivity index (χ3n) is 6.86. The molecule has 0 unspecified atom stereocenters. The van der Waals surface area contributed by atoms with Crippen LogP contribution in [0.1, 0.15) is 61.1 Å². The van der Waals surface area contributed by atoms with Gasteiger partial charge in [0.2, 0.25) is 0 Å². The number of fused-ring (bicyclic) bond motifs is 4. The minimum absolute atomic E-state index is 0.0451. The first-order valence-corrected chi connectivity index (χ1v) is 10.5. The van der Waals surface area contributed by atoms with Crippen LogP contribution in [0.2, 0.25) is 0 Å². The summed E-state index contributed by atoms with van der Waals surface area (Å²) >= 11 is 0. The van der Waals surface area contributed by atoms with Gasteiger partial charge >= 0.3 is 0 Å². The molecule has 0 saturated carbocycles.